The standard InChI is InChI=1S/C14H22FNO2S/c1-3-13(16-4-2)8-6-10-19(17,18)14-9-5-7-12(15)11-14/h5,7,9,11,13,16H,3-4,6,8,10H2,1-2H3. The van der Waals surface area contributed by atoms with Crippen LogP contribution in [0.5, 0.6) is 0 Å². The number of hydrogen-bond acceptors (Lipinski definition) is 3. The van der Waals surface area contributed by atoms with Crippen molar-refractivity contribution >= 4 is 9.84 Å². The third-order valence-electron chi connectivity index (χ3n) is 3.11. The molecule has 0 aliphatic carbocycles. The van der Waals surface area contributed by atoms with Crippen molar-refractivity contribution in [2.75, 3.05) is 12.3 Å². The van der Waals surface area contributed by atoms with E-state index < -0.39 is 15.7 Å². The highest BCUT2D eigenvalue weighted by molar-refractivity contribution is 7.91. The summed E-state index contributed by atoms with van der Waals surface area (Å²) in [5, 5.41) is 3.31. The summed E-state index contributed by atoms with van der Waals surface area (Å²) in [6.45, 7) is 5.00. The van der Waals surface area contributed by atoms with Crippen LogP contribution in [-0.4, -0.2) is 26.8 Å². The van der Waals surface area contributed by atoms with Gasteiger partial charge in [0.15, 0.2) is 9.84 Å². The number of hydrogen-bond donors (Lipinski definition) is 1. The zero-order valence-electron chi connectivity index (χ0n) is 11.5. The van der Waals surface area contributed by atoms with E-state index in [1.807, 2.05) is 6.92 Å². The monoisotopic (exact) mass is 287 g/mol. The average Bonchev–Trinajstić information content (AvgIpc) is 2.37. The maximum absolute atomic E-state index is 13.0. The van der Waals surface area contributed by atoms with Gasteiger partial charge in [0, 0.05) is 6.04 Å². The van der Waals surface area contributed by atoms with Crippen LogP contribution in [0.1, 0.15) is 33.1 Å². The molecule has 0 aliphatic rings. The minimum atomic E-state index is -3.37. The summed E-state index contributed by atoms with van der Waals surface area (Å²) in [6.07, 6.45) is 2.39. The van der Waals surface area contributed by atoms with Crippen LogP contribution in [0.15, 0.2) is 29.2 Å². The Morgan fingerprint density at radius 3 is 2.63 bits per heavy atom. The van der Waals surface area contributed by atoms with E-state index in [0.29, 0.717) is 12.5 Å². The molecule has 1 rings (SSSR count). The van der Waals surface area contributed by atoms with Crippen LogP contribution in [0.3, 0.4) is 0 Å². The van der Waals surface area contributed by atoms with E-state index in [-0.39, 0.29) is 10.6 Å². The topological polar surface area (TPSA) is 46.2 Å². The minimum absolute atomic E-state index is 0.0678. The summed E-state index contributed by atoms with van der Waals surface area (Å²) in [7, 11) is -3.37. The van der Waals surface area contributed by atoms with Gasteiger partial charge in [0.25, 0.3) is 0 Å². The molecular formula is C14H22FNO2S. The van der Waals surface area contributed by atoms with E-state index >= 15 is 0 Å². The van der Waals surface area contributed by atoms with Crippen LogP contribution < -0.4 is 5.32 Å². The molecule has 0 saturated carbocycles. The molecular weight excluding hydrogens is 265 g/mol. The predicted molar refractivity (Wildman–Crippen MR) is 75.4 cm³/mol. The van der Waals surface area contributed by atoms with Crippen molar-refractivity contribution in [1.29, 1.82) is 0 Å². The highest BCUT2D eigenvalue weighted by Gasteiger charge is 2.15. The van der Waals surface area contributed by atoms with Gasteiger partial charge >= 0.3 is 0 Å². The zero-order chi connectivity index (χ0) is 14.3. The molecule has 19 heavy (non-hydrogen) atoms. The fourth-order valence-corrected chi connectivity index (χ4v) is 3.40. The second-order valence-electron chi connectivity index (χ2n) is 4.58. The molecule has 1 aromatic carbocycles. The lowest BCUT2D eigenvalue weighted by molar-refractivity contribution is 0.474. The van der Waals surface area contributed by atoms with Crippen molar-refractivity contribution in [3.05, 3.63) is 30.1 Å². The summed E-state index contributed by atoms with van der Waals surface area (Å²) in [4.78, 5) is 0.0731. The van der Waals surface area contributed by atoms with Crippen LogP contribution in [0.4, 0.5) is 4.39 Å². The summed E-state index contributed by atoms with van der Waals surface area (Å²) in [5.41, 5.74) is 0. The Kier molecular flexibility index (Phi) is 6.45. The van der Waals surface area contributed by atoms with E-state index in [2.05, 4.69) is 12.2 Å². The van der Waals surface area contributed by atoms with E-state index in [1.165, 1.54) is 18.2 Å². The predicted octanol–water partition coefficient (Wildman–Crippen LogP) is 2.77. The van der Waals surface area contributed by atoms with Crippen LogP contribution in [0.25, 0.3) is 0 Å². The third-order valence-corrected chi connectivity index (χ3v) is 4.90. The minimum Gasteiger partial charge on any atom is -0.314 e. The molecule has 0 aromatic heterocycles. The third kappa shape index (κ3) is 5.28. The first kappa shape index (κ1) is 16.1. The molecule has 108 valence electrons. The molecule has 3 nitrogen and oxygen atoms in total. The molecule has 1 atom stereocenters. The van der Waals surface area contributed by atoms with E-state index in [4.69, 9.17) is 0 Å². The quantitative estimate of drug-likeness (QED) is 0.799. The highest BCUT2D eigenvalue weighted by Crippen LogP contribution is 2.15. The van der Waals surface area contributed by atoms with Crippen LogP contribution >= 0.6 is 0 Å². The Hall–Kier alpha value is -0.940. The Balaban J connectivity index is 2.56. The maximum Gasteiger partial charge on any atom is 0.178 e. The maximum atomic E-state index is 13.0. The van der Waals surface area contributed by atoms with Gasteiger partial charge in [0.2, 0.25) is 0 Å². The molecule has 1 aromatic rings. The van der Waals surface area contributed by atoms with Gasteiger partial charge in [-0.15, -0.1) is 0 Å². The molecule has 0 aliphatic heterocycles. The van der Waals surface area contributed by atoms with Crippen LogP contribution in [-0.2, 0) is 9.84 Å². The lowest BCUT2D eigenvalue weighted by atomic mass is 10.1. The van der Waals surface area contributed by atoms with Gasteiger partial charge in [-0.05, 0) is 44.0 Å². The van der Waals surface area contributed by atoms with Crippen LogP contribution in [0, 0.1) is 5.82 Å². The number of nitrogens with one attached hydrogen (secondary N) is 1. The van der Waals surface area contributed by atoms with Gasteiger partial charge in [0.05, 0.1) is 10.6 Å². The first-order valence-electron chi connectivity index (χ1n) is 6.71. The second kappa shape index (κ2) is 7.60. The fourth-order valence-electron chi connectivity index (χ4n) is 2.04. The lowest BCUT2D eigenvalue weighted by Crippen LogP contribution is -2.28. The Labute approximate surface area is 115 Å². The number of sulfone groups is 1. The zero-order valence-corrected chi connectivity index (χ0v) is 12.3. The van der Waals surface area contributed by atoms with Gasteiger partial charge in [-0.1, -0.05) is 19.9 Å². The van der Waals surface area contributed by atoms with Gasteiger partial charge in [-0.25, -0.2) is 12.8 Å². The highest BCUT2D eigenvalue weighted by atomic mass is 32.2. The molecule has 1 unspecified atom stereocenters. The molecule has 0 bridgehead atoms. The van der Waals surface area contributed by atoms with Gasteiger partial charge in [0.1, 0.15) is 5.82 Å². The molecule has 5 heteroatoms. The van der Waals surface area contributed by atoms with Crippen molar-refractivity contribution in [2.45, 2.75) is 44.0 Å². The van der Waals surface area contributed by atoms with Gasteiger partial charge in [-0.2, -0.15) is 0 Å². The summed E-state index contributed by atoms with van der Waals surface area (Å²) in [6, 6.07) is 5.55. The van der Waals surface area contributed by atoms with Gasteiger partial charge in [-0.3, -0.25) is 0 Å². The molecule has 0 spiro atoms. The van der Waals surface area contributed by atoms with Crippen molar-refractivity contribution in [1.82, 2.24) is 5.32 Å². The van der Waals surface area contributed by atoms with Gasteiger partial charge < -0.3 is 5.32 Å². The molecule has 0 fully saturated rings. The summed E-state index contributed by atoms with van der Waals surface area (Å²) >= 11 is 0. The van der Waals surface area contributed by atoms with E-state index in [1.54, 1.807) is 0 Å². The van der Waals surface area contributed by atoms with E-state index in [9.17, 15) is 12.8 Å². The first-order chi connectivity index (χ1) is 8.99. The molecule has 0 heterocycles. The van der Waals surface area contributed by atoms with E-state index in [0.717, 1.165) is 25.5 Å². The van der Waals surface area contributed by atoms with Crippen LogP contribution in [0.2, 0.25) is 0 Å². The Morgan fingerprint density at radius 2 is 2.05 bits per heavy atom. The fraction of sp³-hybridized carbons (Fsp3) is 0.571. The number of halogens is 1. The molecule has 1 N–H and O–H groups in total. The SMILES string of the molecule is CCNC(CC)CCCS(=O)(=O)c1cccc(F)c1. The summed E-state index contributed by atoms with van der Waals surface area (Å²) in [5.74, 6) is -0.446. The first-order valence-corrected chi connectivity index (χ1v) is 8.36. The molecule has 0 radical (unpaired) electrons. The largest absolute Gasteiger partial charge is 0.314 e. The van der Waals surface area contributed by atoms with Crippen molar-refractivity contribution in [3.63, 3.8) is 0 Å². The number of rotatable bonds is 8. The van der Waals surface area contributed by atoms with Crippen molar-refractivity contribution in [3.8, 4) is 0 Å². The molecule has 0 saturated heterocycles. The lowest BCUT2D eigenvalue weighted by Gasteiger charge is -2.15. The smallest absolute Gasteiger partial charge is 0.178 e. The Morgan fingerprint density at radius 1 is 1.32 bits per heavy atom. The average molecular weight is 287 g/mol. The normalized spacial score (nSPS) is 13.4. The number of benzene rings is 1. The summed E-state index contributed by atoms with van der Waals surface area (Å²) < 4.78 is 37.1. The second-order valence-corrected chi connectivity index (χ2v) is 6.69. The van der Waals surface area contributed by atoms with Crippen molar-refractivity contribution in [2.24, 2.45) is 0 Å². The Bertz CT molecular complexity index is 488. The van der Waals surface area contributed by atoms with Crippen molar-refractivity contribution < 1.29 is 12.8 Å². The molecule has 0 amide bonds.